The van der Waals surface area contributed by atoms with Gasteiger partial charge in [0.05, 0.1) is 16.9 Å². The summed E-state index contributed by atoms with van der Waals surface area (Å²) in [5, 5.41) is 4.97. The average molecular weight is 452 g/mol. The van der Waals surface area contributed by atoms with Gasteiger partial charge in [-0.15, -0.1) is 0 Å². The summed E-state index contributed by atoms with van der Waals surface area (Å²) in [7, 11) is 0. The second-order valence-electron chi connectivity index (χ2n) is 8.52. The molecule has 3 aromatic rings. The topological polar surface area (TPSA) is 90.0 Å². The number of pyridine rings is 1. The summed E-state index contributed by atoms with van der Waals surface area (Å²) in [5.41, 5.74) is 2.41. The van der Waals surface area contributed by atoms with Crippen molar-refractivity contribution in [3.8, 4) is 11.3 Å². The molecule has 0 aliphatic carbocycles. The monoisotopic (exact) mass is 451 g/mol. The van der Waals surface area contributed by atoms with Crippen molar-refractivity contribution in [2.24, 2.45) is 5.92 Å². The van der Waals surface area contributed by atoms with Crippen LogP contribution in [-0.2, 0) is 4.79 Å². The summed E-state index contributed by atoms with van der Waals surface area (Å²) in [4.78, 5) is 32.8. The fraction of sp³-hybridized carbons (Fsp3) is 0.391. The van der Waals surface area contributed by atoms with Crippen molar-refractivity contribution < 1.29 is 4.79 Å². The minimum atomic E-state index is 0.0372. The van der Waals surface area contributed by atoms with Gasteiger partial charge in [0.15, 0.2) is 0 Å². The smallest absolute Gasteiger partial charge is 0.245 e. The Morgan fingerprint density at radius 1 is 1.31 bits per heavy atom. The van der Waals surface area contributed by atoms with E-state index < -0.39 is 0 Å². The van der Waals surface area contributed by atoms with Crippen LogP contribution in [0.4, 0.5) is 5.95 Å². The standard InChI is InChI=1S/C23H26ClN7O/c1-2-20(32)31-9-5-15(13-31)12-30-8-6-16(14-30)28-23-27-11-19(24)21(29-23)18-10-26-22-17(18)4-3-7-25-22/h2-4,7,10-11,15-16H,1,5-6,8-9,12-14H2,(H,25,26)(H,27,28,29)/t15?,16-/m1/s1. The number of halogens is 1. The quantitative estimate of drug-likeness (QED) is 0.559. The van der Waals surface area contributed by atoms with Crippen LogP contribution in [0.1, 0.15) is 12.8 Å². The summed E-state index contributed by atoms with van der Waals surface area (Å²) in [6.45, 7) is 8.21. The van der Waals surface area contributed by atoms with E-state index in [9.17, 15) is 4.79 Å². The van der Waals surface area contributed by atoms with Gasteiger partial charge in [0.25, 0.3) is 0 Å². The molecular weight excluding hydrogens is 426 g/mol. The Morgan fingerprint density at radius 2 is 2.22 bits per heavy atom. The van der Waals surface area contributed by atoms with E-state index in [1.807, 2.05) is 23.2 Å². The van der Waals surface area contributed by atoms with Crippen molar-refractivity contribution in [1.82, 2.24) is 29.7 Å². The lowest BCUT2D eigenvalue weighted by atomic mass is 10.1. The Balaban J connectivity index is 1.23. The molecule has 2 fully saturated rings. The number of carbonyl (C=O) groups excluding carboxylic acids is 1. The first-order valence-electron chi connectivity index (χ1n) is 11.0. The van der Waals surface area contributed by atoms with E-state index in [-0.39, 0.29) is 11.9 Å². The van der Waals surface area contributed by atoms with E-state index in [2.05, 4.69) is 31.7 Å². The van der Waals surface area contributed by atoms with Gasteiger partial charge < -0.3 is 20.1 Å². The number of H-pyrrole nitrogens is 1. The van der Waals surface area contributed by atoms with Crippen LogP contribution < -0.4 is 5.32 Å². The van der Waals surface area contributed by atoms with Gasteiger partial charge in [-0.1, -0.05) is 18.2 Å². The maximum Gasteiger partial charge on any atom is 0.245 e. The molecule has 166 valence electrons. The highest BCUT2D eigenvalue weighted by Gasteiger charge is 2.30. The number of likely N-dealkylation sites (tertiary alicyclic amines) is 2. The van der Waals surface area contributed by atoms with Crippen molar-refractivity contribution in [2.45, 2.75) is 18.9 Å². The highest BCUT2D eigenvalue weighted by molar-refractivity contribution is 6.33. The summed E-state index contributed by atoms with van der Waals surface area (Å²) in [5.74, 6) is 1.14. The van der Waals surface area contributed by atoms with E-state index in [1.165, 1.54) is 6.08 Å². The minimum absolute atomic E-state index is 0.0372. The molecule has 2 atom stereocenters. The Kier molecular flexibility index (Phi) is 5.80. The Hall–Kier alpha value is -2.97. The van der Waals surface area contributed by atoms with E-state index in [4.69, 9.17) is 16.6 Å². The first-order chi connectivity index (χ1) is 15.6. The van der Waals surface area contributed by atoms with Crippen LogP contribution in [0, 0.1) is 5.92 Å². The SMILES string of the molecule is C=CC(=O)N1CCC(CN2CC[C@@H](Nc3ncc(Cl)c(-c4c[nH]c5ncccc45)n3)C2)C1. The lowest BCUT2D eigenvalue weighted by Gasteiger charge is -2.21. The number of anilines is 1. The first-order valence-corrected chi connectivity index (χ1v) is 11.3. The molecule has 0 aromatic carbocycles. The molecule has 2 saturated heterocycles. The highest BCUT2D eigenvalue weighted by atomic mass is 35.5. The minimum Gasteiger partial charge on any atom is -0.350 e. The molecule has 0 bridgehead atoms. The molecule has 2 aliphatic rings. The largest absolute Gasteiger partial charge is 0.350 e. The van der Waals surface area contributed by atoms with E-state index >= 15 is 0 Å². The van der Waals surface area contributed by atoms with E-state index in [0.29, 0.717) is 22.6 Å². The van der Waals surface area contributed by atoms with Gasteiger partial charge in [0.1, 0.15) is 5.65 Å². The first kappa shape index (κ1) is 20.9. The van der Waals surface area contributed by atoms with Crippen LogP contribution in [0.25, 0.3) is 22.3 Å². The number of hydrogen-bond acceptors (Lipinski definition) is 6. The molecule has 0 spiro atoms. The summed E-state index contributed by atoms with van der Waals surface area (Å²) >= 11 is 6.44. The van der Waals surface area contributed by atoms with Crippen molar-refractivity contribution in [3.05, 3.63) is 48.4 Å². The number of fused-ring (bicyclic) bond motifs is 1. The molecule has 2 N–H and O–H groups in total. The number of carbonyl (C=O) groups is 1. The van der Waals surface area contributed by atoms with Crippen molar-refractivity contribution >= 4 is 34.5 Å². The third-order valence-electron chi connectivity index (χ3n) is 6.34. The number of aromatic nitrogens is 4. The fourth-order valence-electron chi connectivity index (χ4n) is 4.75. The third-order valence-corrected chi connectivity index (χ3v) is 6.62. The van der Waals surface area contributed by atoms with Crippen LogP contribution in [0.15, 0.2) is 43.4 Å². The number of aromatic amines is 1. The lowest BCUT2D eigenvalue weighted by molar-refractivity contribution is -0.125. The van der Waals surface area contributed by atoms with Gasteiger partial charge in [-0.05, 0) is 37.0 Å². The van der Waals surface area contributed by atoms with Crippen molar-refractivity contribution in [2.75, 3.05) is 38.0 Å². The summed E-state index contributed by atoms with van der Waals surface area (Å²) in [6, 6.07) is 4.18. The van der Waals surface area contributed by atoms with Crippen molar-refractivity contribution in [1.29, 1.82) is 0 Å². The van der Waals surface area contributed by atoms with Gasteiger partial charge in [-0.2, -0.15) is 0 Å². The van der Waals surface area contributed by atoms with Gasteiger partial charge >= 0.3 is 0 Å². The normalized spacial score (nSPS) is 21.3. The molecule has 1 unspecified atom stereocenters. The Labute approximate surface area is 191 Å². The van der Waals surface area contributed by atoms with Crippen LogP contribution >= 0.6 is 11.6 Å². The second-order valence-corrected chi connectivity index (χ2v) is 8.93. The third kappa shape index (κ3) is 4.20. The van der Waals surface area contributed by atoms with Crippen molar-refractivity contribution in [3.63, 3.8) is 0 Å². The molecule has 0 saturated carbocycles. The molecule has 32 heavy (non-hydrogen) atoms. The molecule has 1 amide bonds. The molecule has 8 nitrogen and oxygen atoms in total. The molecule has 3 aromatic heterocycles. The second kappa shape index (κ2) is 8.88. The highest BCUT2D eigenvalue weighted by Crippen LogP contribution is 2.32. The van der Waals surface area contributed by atoms with E-state index in [1.54, 1.807) is 12.4 Å². The predicted molar refractivity (Wildman–Crippen MR) is 125 cm³/mol. The fourth-order valence-corrected chi connectivity index (χ4v) is 4.95. The molecule has 5 rings (SSSR count). The Morgan fingerprint density at radius 3 is 3.09 bits per heavy atom. The van der Waals surface area contributed by atoms with Gasteiger partial charge in [-0.25, -0.2) is 15.0 Å². The van der Waals surface area contributed by atoms with Crippen LogP contribution in [0.3, 0.4) is 0 Å². The van der Waals surface area contributed by atoms with E-state index in [0.717, 1.165) is 62.2 Å². The average Bonchev–Trinajstić information content (AvgIpc) is 3.55. The zero-order valence-electron chi connectivity index (χ0n) is 17.8. The molecule has 0 radical (unpaired) electrons. The van der Waals surface area contributed by atoms with Crippen LogP contribution in [0.5, 0.6) is 0 Å². The number of rotatable bonds is 6. The van der Waals surface area contributed by atoms with Crippen LogP contribution in [0.2, 0.25) is 5.02 Å². The predicted octanol–water partition coefficient (Wildman–Crippen LogP) is 3.19. The lowest BCUT2D eigenvalue weighted by Crippen LogP contribution is -2.33. The number of nitrogens with zero attached hydrogens (tertiary/aromatic N) is 5. The molecule has 2 aliphatic heterocycles. The summed E-state index contributed by atoms with van der Waals surface area (Å²) in [6.07, 6.45) is 8.78. The van der Waals surface area contributed by atoms with Gasteiger partial charge in [-0.3, -0.25) is 4.79 Å². The van der Waals surface area contributed by atoms with Gasteiger partial charge in [0, 0.05) is 62.1 Å². The number of amides is 1. The van der Waals surface area contributed by atoms with Gasteiger partial charge in [0.2, 0.25) is 11.9 Å². The number of nitrogens with one attached hydrogen (secondary N) is 2. The summed E-state index contributed by atoms with van der Waals surface area (Å²) < 4.78 is 0. The molecular formula is C23H26ClN7O. The number of hydrogen-bond donors (Lipinski definition) is 2. The zero-order chi connectivity index (χ0) is 22.1. The Bertz CT molecular complexity index is 1150. The molecule has 5 heterocycles. The van der Waals surface area contributed by atoms with Crippen LogP contribution in [-0.4, -0.2) is 74.4 Å². The molecule has 9 heteroatoms. The maximum atomic E-state index is 11.8. The maximum absolute atomic E-state index is 11.8. The zero-order valence-corrected chi connectivity index (χ0v) is 18.6.